The maximum absolute atomic E-state index is 3.85. The van der Waals surface area contributed by atoms with E-state index in [1.807, 2.05) is 0 Å². The van der Waals surface area contributed by atoms with Crippen molar-refractivity contribution in [2.45, 2.75) is 88.8 Å². The number of nitrogens with one attached hydrogen (secondary N) is 1. The summed E-state index contributed by atoms with van der Waals surface area (Å²) < 4.78 is 0. The summed E-state index contributed by atoms with van der Waals surface area (Å²) in [6.07, 6.45) is 16.0. The van der Waals surface area contributed by atoms with Gasteiger partial charge in [-0.15, -0.1) is 0 Å². The molecule has 0 radical (unpaired) electrons. The van der Waals surface area contributed by atoms with Crippen LogP contribution in [0.3, 0.4) is 0 Å². The van der Waals surface area contributed by atoms with E-state index in [1.165, 1.54) is 83.7 Å². The molecule has 2 aliphatic carbocycles. The Balaban J connectivity index is 1.49. The number of hydrogen-bond donors (Lipinski definition) is 1. The Morgan fingerprint density at radius 2 is 1.39 bits per heavy atom. The fourth-order valence-corrected chi connectivity index (χ4v) is 3.86. The number of piperidine rings is 1. The lowest BCUT2D eigenvalue weighted by atomic mass is 9.93. The monoisotopic (exact) mass is 250 g/mol. The van der Waals surface area contributed by atoms with Crippen LogP contribution in [0.4, 0.5) is 0 Å². The highest BCUT2D eigenvalue weighted by Gasteiger charge is 2.30. The van der Waals surface area contributed by atoms with Gasteiger partial charge in [0, 0.05) is 24.7 Å². The third kappa shape index (κ3) is 3.71. The van der Waals surface area contributed by atoms with Crippen LogP contribution >= 0.6 is 0 Å². The van der Waals surface area contributed by atoms with Gasteiger partial charge in [-0.1, -0.05) is 32.1 Å². The largest absolute Gasteiger partial charge is 0.310 e. The molecular formula is C16H30N2. The Morgan fingerprint density at radius 1 is 0.667 bits per heavy atom. The predicted molar refractivity (Wildman–Crippen MR) is 76.9 cm³/mol. The molecule has 18 heavy (non-hydrogen) atoms. The standard InChI is InChI=1S/C16H30N2/c1-2-4-8-16(9-5-3-1)18-12-6-7-15(13-18)17-14-10-11-14/h14-17H,1-13H2. The van der Waals surface area contributed by atoms with E-state index in [1.54, 1.807) is 0 Å². The molecule has 1 heterocycles. The van der Waals surface area contributed by atoms with Crippen molar-refractivity contribution in [3.05, 3.63) is 0 Å². The topological polar surface area (TPSA) is 15.3 Å². The van der Waals surface area contributed by atoms with Crippen molar-refractivity contribution in [2.75, 3.05) is 13.1 Å². The van der Waals surface area contributed by atoms with Crippen molar-refractivity contribution in [1.82, 2.24) is 10.2 Å². The van der Waals surface area contributed by atoms with Crippen molar-refractivity contribution in [3.63, 3.8) is 0 Å². The minimum Gasteiger partial charge on any atom is -0.310 e. The van der Waals surface area contributed by atoms with Crippen LogP contribution in [0.15, 0.2) is 0 Å². The van der Waals surface area contributed by atoms with Gasteiger partial charge in [0.2, 0.25) is 0 Å². The molecule has 3 fully saturated rings. The molecule has 0 spiro atoms. The minimum absolute atomic E-state index is 0.802. The Kier molecular flexibility index (Phi) is 4.58. The summed E-state index contributed by atoms with van der Waals surface area (Å²) in [6, 6.07) is 2.60. The second-order valence-electron chi connectivity index (χ2n) is 6.77. The molecule has 0 bridgehead atoms. The Bertz CT molecular complexity index is 241. The van der Waals surface area contributed by atoms with E-state index in [4.69, 9.17) is 0 Å². The average Bonchev–Trinajstić information content (AvgIpc) is 3.13. The fraction of sp³-hybridized carbons (Fsp3) is 1.00. The smallest absolute Gasteiger partial charge is 0.0198 e. The van der Waals surface area contributed by atoms with E-state index in [0.717, 1.165) is 18.1 Å². The van der Waals surface area contributed by atoms with Crippen LogP contribution in [-0.2, 0) is 0 Å². The molecule has 2 saturated carbocycles. The minimum atomic E-state index is 0.802. The van der Waals surface area contributed by atoms with Crippen LogP contribution in [0.25, 0.3) is 0 Å². The first kappa shape index (κ1) is 12.9. The zero-order valence-electron chi connectivity index (χ0n) is 11.9. The molecule has 3 aliphatic rings. The highest BCUT2D eigenvalue weighted by Crippen LogP contribution is 2.26. The van der Waals surface area contributed by atoms with Gasteiger partial charge in [-0.05, 0) is 45.1 Å². The number of hydrogen-bond acceptors (Lipinski definition) is 2. The summed E-state index contributed by atoms with van der Waals surface area (Å²) in [6.45, 7) is 2.70. The highest BCUT2D eigenvalue weighted by atomic mass is 15.2. The van der Waals surface area contributed by atoms with E-state index in [9.17, 15) is 0 Å². The van der Waals surface area contributed by atoms with Crippen molar-refractivity contribution in [2.24, 2.45) is 0 Å². The molecule has 1 saturated heterocycles. The highest BCUT2D eigenvalue weighted by molar-refractivity contribution is 4.89. The molecule has 2 nitrogen and oxygen atoms in total. The molecule has 0 aromatic rings. The second kappa shape index (κ2) is 6.38. The van der Waals surface area contributed by atoms with Gasteiger partial charge in [-0.25, -0.2) is 0 Å². The second-order valence-corrected chi connectivity index (χ2v) is 6.77. The van der Waals surface area contributed by atoms with Crippen LogP contribution < -0.4 is 5.32 Å². The van der Waals surface area contributed by atoms with Crippen LogP contribution in [0.1, 0.15) is 70.6 Å². The van der Waals surface area contributed by atoms with E-state index >= 15 is 0 Å². The summed E-state index contributed by atoms with van der Waals surface area (Å²) in [4.78, 5) is 2.83. The van der Waals surface area contributed by atoms with Crippen molar-refractivity contribution < 1.29 is 0 Å². The Hall–Kier alpha value is -0.0800. The van der Waals surface area contributed by atoms with Gasteiger partial charge in [0.15, 0.2) is 0 Å². The molecule has 1 atom stereocenters. The summed E-state index contributed by atoms with van der Waals surface area (Å²) in [5.41, 5.74) is 0. The van der Waals surface area contributed by atoms with E-state index in [0.29, 0.717) is 0 Å². The van der Waals surface area contributed by atoms with Gasteiger partial charge in [0.25, 0.3) is 0 Å². The zero-order chi connectivity index (χ0) is 12.2. The molecular weight excluding hydrogens is 220 g/mol. The fourth-order valence-electron chi connectivity index (χ4n) is 3.86. The van der Waals surface area contributed by atoms with Crippen LogP contribution in [0, 0.1) is 0 Å². The lowest BCUT2D eigenvalue weighted by Gasteiger charge is -2.39. The zero-order valence-corrected chi connectivity index (χ0v) is 11.9. The summed E-state index contributed by atoms with van der Waals surface area (Å²) in [5, 5.41) is 3.85. The molecule has 0 amide bonds. The van der Waals surface area contributed by atoms with Crippen molar-refractivity contribution in [3.8, 4) is 0 Å². The number of nitrogens with zero attached hydrogens (tertiary/aromatic N) is 1. The molecule has 0 aromatic carbocycles. The lowest BCUT2D eigenvalue weighted by Crippen LogP contribution is -2.50. The first-order valence-corrected chi connectivity index (χ1v) is 8.42. The van der Waals surface area contributed by atoms with Gasteiger partial charge in [-0.3, -0.25) is 4.90 Å². The van der Waals surface area contributed by atoms with Gasteiger partial charge >= 0.3 is 0 Å². The summed E-state index contributed by atoms with van der Waals surface area (Å²) >= 11 is 0. The molecule has 2 heteroatoms. The summed E-state index contributed by atoms with van der Waals surface area (Å²) in [5.74, 6) is 0. The Labute approximate surface area is 113 Å². The number of rotatable bonds is 3. The molecule has 104 valence electrons. The van der Waals surface area contributed by atoms with Crippen molar-refractivity contribution in [1.29, 1.82) is 0 Å². The lowest BCUT2D eigenvalue weighted by molar-refractivity contribution is 0.116. The maximum atomic E-state index is 3.85. The third-order valence-corrected chi connectivity index (χ3v) is 5.09. The number of likely N-dealkylation sites (tertiary alicyclic amines) is 1. The predicted octanol–water partition coefficient (Wildman–Crippen LogP) is 3.32. The van der Waals surface area contributed by atoms with E-state index in [2.05, 4.69) is 10.2 Å². The first-order valence-electron chi connectivity index (χ1n) is 8.42. The maximum Gasteiger partial charge on any atom is 0.0198 e. The van der Waals surface area contributed by atoms with Gasteiger partial charge in [0.1, 0.15) is 0 Å². The van der Waals surface area contributed by atoms with Crippen LogP contribution in [-0.4, -0.2) is 36.1 Å². The normalized spacial score (nSPS) is 33.0. The van der Waals surface area contributed by atoms with E-state index in [-0.39, 0.29) is 0 Å². The SMILES string of the molecule is C1CCCC(N2CCCC(NC3CC3)C2)CCC1. The van der Waals surface area contributed by atoms with Gasteiger partial charge in [0.05, 0.1) is 0 Å². The van der Waals surface area contributed by atoms with Crippen molar-refractivity contribution >= 4 is 0 Å². The third-order valence-electron chi connectivity index (χ3n) is 5.09. The molecule has 1 N–H and O–H groups in total. The molecule has 1 unspecified atom stereocenters. The Morgan fingerprint density at radius 3 is 2.11 bits per heavy atom. The first-order chi connectivity index (χ1) is 8.92. The molecule has 0 aromatic heterocycles. The summed E-state index contributed by atoms with van der Waals surface area (Å²) in [7, 11) is 0. The molecule has 1 aliphatic heterocycles. The van der Waals surface area contributed by atoms with Gasteiger partial charge < -0.3 is 5.32 Å². The average molecular weight is 250 g/mol. The quantitative estimate of drug-likeness (QED) is 0.826. The van der Waals surface area contributed by atoms with Crippen LogP contribution in [0.5, 0.6) is 0 Å². The van der Waals surface area contributed by atoms with Gasteiger partial charge in [-0.2, -0.15) is 0 Å². The van der Waals surface area contributed by atoms with Crippen LogP contribution in [0.2, 0.25) is 0 Å². The molecule has 3 rings (SSSR count). The van der Waals surface area contributed by atoms with E-state index < -0.39 is 0 Å².